The zero-order valence-electron chi connectivity index (χ0n) is 13.1. The molecule has 20 heavy (non-hydrogen) atoms. The van der Waals surface area contributed by atoms with Crippen LogP contribution in [0.5, 0.6) is 0 Å². The first-order valence-electron chi connectivity index (χ1n) is 6.73. The van der Waals surface area contributed by atoms with Crippen LogP contribution in [0.25, 0.3) is 0 Å². The molecule has 6 heteroatoms. The number of rotatable bonds is 3. The Balaban J connectivity index is 3.01. The van der Waals surface area contributed by atoms with Gasteiger partial charge in [0.25, 0.3) is 0 Å². The fourth-order valence-corrected chi connectivity index (χ4v) is 2.35. The van der Waals surface area contributed by atoms with Gasteiger partial charge in [-0.15, -0.1) is 0 Å². The summed E-state index contributed by atoms with van der Waals surface area (Å²) >= 11 is 0. The van der Waals surface area contributed by atoms with Crippen LogP contribution in [-0.2, 0) is 19.1 Å². The summed E-state index contributed by atoms with van der Waals surface area (Å²) in [4.78, 5) is 37.6. The second-order valence-corrected chi connectivity index (χ2v) is 6.60. The molecule has 0 bridgehead atoms. The number of nitrogens with one attached hydrogen (secondary N) is 1. The van der Waals surface area contributed by atoms with Gasteiger partial charge < -0.3 is 15.0 Å². The van der Waals surface area contributed by atoms with Gasteiger partial charge in [-0.05, 0) is 41.0 Å². The van der Waals surface area contributed by atoms with Gasteiger partial charge in [0.2, 0.25) is 11.8 Å². The summed E-state index contributed by atoms with van der Waals surface area (Å²) in [5.41, 5.74) is -1.50. The Kier molecular flexibility index (Phi) is 4.46. The molecule has 0 spiro atoms. The highest BCUT2D eigenvalue weighted by molar-refractivity contribution is 5.95. The van der Waals surface area contributed by atoms with E-state index in [1.54, 1.807) is 13.8 Å². The topological polar surface area (TPSA) is 75.7 Å². The summed E-state index contributed by atoms with van der Waals surface area (Å²) in [7, 11) is 1.28. The molecule has 2 amide bonds. The number of ether oxygens (including phenoxy) is 1. The summed E-state index contributed by atoms with van der Waals surface area (Å²) in [6.07, 6.45) is 0.643. The van der Waals surface area contributed by atoms with E-state index in [0.717, 1.165) is 0 Å². The van der Waals surface area contributed by atoms with Crippen molar-refractivity contribution in [3.8, 4) is 0 Å². The van der Waals surface area contributed by atoms with Gasteiger partial charge in [0.05, 0.1) is 7.11 Å². The Hall–Kier alpha value is -1.59. The second-order valence-electron chi connectivity index (χ2n) is 6.60. The lowest BCUT2D eigenvalue weighted by atomic mass is 9.97. The van der Waals surface area contributed by atoms with Crippen LogP contribution in [0.15, 0.2) is 0 Å². The second kappa shape index (κ2) is 5.42. The molecule has 0 aliphatic carbocycles. The molecule has 0 aromatic carbocycles. The fraction of sp³-hybridized carbons (Fsp3) is 0.786. The molecular formula is C14H24N2O4. The normalized spacial score (nSPS) is 20.0. The lowest BCUT2D eigenvalue weighted by Crippen LogP contribution is -2.62. The molecule has 1 aliphatic rings. The van der Waals surface area contributed by atoms with E-state index in [1.807, 2.05) is 20.8 Å². The summed E-state index contributed by atoms with van der Waals surface area (Å²) in [5.74, 6) is -0.962. The molecular weight excluding hydrogens is 260 g/mol. The number of hydrogen-bond donors (Lipinski definition) is 1. The van der Waals surface area contributed by atoms with Crippen molar-refractivity contribution in [1.82, 2.24) is 10.2 Å². The molecule has 0 saturated carbocycles. The van der Waals surface area contributed by atoms with Crippen molar-refractivity contribution in [1.29, 1.82) is 0 Å². The number of methoxy groups -OCH3 is 1. The van der Waals surface area contributed by atoms with Crippen LogP contribution in [0.1, 0.15) is 47.5 Å². The third-order valence-corrected chi connectivity index (χ3v) is 3.33. The SMILES string of the molecule is COC(=O)[C@@H]1CCC(=O)N1C(C)(C)C(=O)NC(C)(C)C. The van der Waals surface area contributed by atoms with Gasteiger partial charge in [0.15, 0.2) is 0 Å². The number of esters is 1. The molecule has 114 valence electrons. The Bertz CT molecular complexity index is 423. The van der Waals surface area contributed by atoms with Crippen molar-refractivity contribution in [2.75, 3.05) is 7.11 Å². The van der Waals surface area contributed by atoms with E-state index >= 15 is 0 Å². The number of likely N-dealkylation sites (tertiary alicyclic amines) is 1. The van der Waals surface area contributed by atoms with Crippen LogP contribution in [-0.4, -0.2) is 46.9 Å². The van der Waals surface area contributed by atoms with Crippen molar-refractivity contribution in [2.24, 2.45) is 0 Å². The van der Waals surface area contributed by atoms with E-state index in [-0.39, 0.29) is 18.2 Å². The highest BCUT2D eigenvalue weighted by Crippen LogP contribution is 2.29. The first-order chi connectivity index (χ1) is 9.00. The standard InChI is InChI=1S/C14H24N2O4/c1-13(2,3)15-12(19)14(4,5)16-9(11(18)20-6)7-8-10(16)17/h9H,7-8H2,1-6H3,(H,15,19)/t9-/m0/s1. The Morgan fingerprint density at radius 2 is 1.80 bits per heavy atom. The minimum atomic E-state index is -1.10. The van der Waals surface area contributed by atoms with Crippen molar-refractivity contribution in [3.63, 3.8) is 0 Å². The quantitative estimate of drug-likeness (QED) is 0.779. The van der Waals surface area contributed by atoms with E-state index in [4.69, 9.17) is 4.74 Å². The van der Waals surface area contributed by atoms with Crippen molar-refractivity contribution in [2.45, 2.75) is 64.6 Å². The lowest BCUT2D eigenvalue weighted by Gasteiger charge is -2.39. The minimum absolute atomic E-state index is 0.200. The molecule has 0 radical (unpaired) electrons. The molecule has 1 fully saturated rings. The maximum absolute atomic E-state index is 12.4. The van der Waals surface area contributed by atoms with Crippen molar-refractivity contribution >= 4 is 17.8 Å². The first-order valence-corrected chi connectivity index (χ1v) is 6.73. The summed E-state index contributed by atoms with van der Waals surface area (Å²) in [6, 6.07) is -0.687. The third kappa shape index (κ3) is 3.29. The van der Waals surface area contributed by atoms with Gasteiger partial charge >= 0.3 is 5.97 Å². The molecule has 1 heterocycles. The van der Waals surface area contributed by atoms with E-state index < -0.39 is 23.1 Å². The Morgan fingerprint density at radius 1 is 1.25 bits per heavy atom. The number of carbonyl (C=O) groups is 3. The van der Waals surface area contributed by atoms with Gasteiger partial charge in [0.1, 0.15) is 11.6 Å². The maximum atomic E-state index is 12.4. The molecule has 1 atom stereocenters. The first kappa shape index (κ1) is 16.5. The van der Waals surface area contributed by atoms with E-state index in [0.29, 0.717) is 6.42 Å². The summed E-state index contributed by atoms with van der Waals surface area (Å²) < 4.78 is 4.72. The molecule has 1 rings (SSSR count). The van der Waals surface area contributed by atoms with Gasteiger partial charge in [-0.2, -0.15) is 0 Å². The minimum Gasteiger partial charge on any atom is -0.467 e. The predicted octanol–water partition coefficient (Wildman–Crippen LogP) is 0.844. The van der Waals surface area contributed by atoms with E-state index in [9.17, 15) is 14.4 Å². The van der Waals surface area contributed by atoms with E-state index in [1.165, 1.54) is 12.0 Å². The van der Waals surface area contributed by atoms with Crippen LogP contribution >= 0.6 is 0 Å². The summed E-state index contributed by atoms with van der Waals surface area (Å²) in [6.45, 7) is 8.89. The molecule has 6 nitrogen and oxygen atoms in total. The third-order valence-electron chi connectivity index (χ3n) is 3.33. The van der Waals surface area contributed by atoms with Crippen molar-refractivity contribution in [3.05, 3.63) is 0 Å². The number of nitrogens with zero attached hydrogens (tertiary/aromatic N) is 1. The highest BCUT2D eigenvalue weighted by Gasteiger charge is 2.48. The predicted molar refractivity (Wildman–Crippen MR) is 73.9 cm³/mol. The molecule has 0 aromatic heterocycles. The number of hydrogen-bond acceptors (Lipinski definition) is 4. The Morgan fingerprint density at radius 3 is 2.25 bits per heavy atom. The van der Waals surface area contributed by atoms with Crippen LogP contribution < -0.4 is 5.32 Å². The van der Waals surface area contributed by atoms with Crippen LogP contribution in [0, 0.1) is 0 Å². The van der Waals surface area contributed by atoms with Gasteiger partial charge in [-0.3, -0.25) is 9.59 Å². The zero-order chi connectivity index (χ0) is 15.7. The highest BCUT2D eigenvalue weighted by atomic mass is 16.5. The van der Waals surface area contributed by atoms with Crippen molar-refractivity contribution < 1.29 is 19.1 Å². The Labute approximate surface area is 119 Å². The molecule has 0 aromatic rings. The van der Waals surface area contributed by atoms with Gasteiger partial charge in [-0.1, -0.05) is 0 Å². The average Bonchev–Trinajstić information content (AvgIpc) is 2.68. The van der Waals surface area contributed by atoms with Gasteiger partial charge in [0, 0.05) is 12.0 Å². The van der Waals surface area contributed by atoms with E-state index in [2.05, 4.69) is 5.32 Å². The van der Waals surface area contributed by atoms with Crippen LogP contribution in [0.4, 0.5) is 0 Å². The summed E-state index contributed by atoms with van der Waals surface area (Å²) in [5, 5.41) is 2.85. The maximum Gasteiger partial charge on any atom is 0.328 e. The van der Waals surface area contributed by atoms with Crippen LogP contribution in [0.2, 0.25) is 0 Å². The number of carbonyl (C=O) groups excluding carboxylic acids is 3. The number of amides is 2. The monoisotopic (exact) mass is 284 g/mol. The van der Waals surface area contributed by atoms with Crippen LogP contribution in [0.3, 0.4) is 0 Å². The molecule has 1 N–H and O–H groups in total. The smallest absolute Gasteiger partial charge is 0.328 e. The molecule has 0 unspecified atom stereocenters. The molecule has 1 aliphatic heterocycles. The molecule has 1 saturated heterocycles. The lowest BCUT2D eigenvalue weighted by molar-refractivity contribution is -0.156. The van der Waals surface area contributed by atoms with Gasteiger partial charge in [-0.25, -0.2) is 4.79 Å². The fourth-order valence-electron chi connectivity index (χ4n) is 2.35. The zero-order valence-corrected chi connectivity index (χ0v) is 13.1. The average molecular weight is 284 g/mol. The largest absolute Gasteiger partial charge is 0.467 e.